The Hall–Kier alpha value is -2.22. The second kappa shape index (κ2) is 4.57. The predicted molar refractivity (Wildman–Crippen MR) is 64.3 cm³/mol. The first-order valence-corrected chi connectivity index (χ1v) is 5.74. The van der Waals surface area contributed by atoms with E-state index >= 15 is 0 Å². The first kappa shape index (κ1) is 12.2. The molecule has 8 heteroatoms. The largest absolute Gasteiger partial charge is 0.437 e. The van der Waals surface area contributed by atoms with Crippen LogP contribution in [0.1, 0.15) is 16.6 Å². The Morgan fingerprint density at radius 1 is 1.61 bits per heavy atom. The molecule has 0 unspecified atom stereocenters. The molecule has 0 aliphatic carbocycles. The summed E-state index contributed by atoms with van der Waals surface area (Å²) in [5.41, 5.74) is -0.214. The lowest BCUT2D eigenvalue weighted by atomic mass is 10.3. The van der Waals surface area contributed by atoms with Gasteiger partial charge in [-0.15, -0.1) is 0 Å². The van der Waals surface area contributed by atoms with Crippen molar-refractivity contribution in [3.05, 3.63) is 33.5 Å². The number of Topliss-reactive ketones (excluding diaryl/α,β-unsaturated/α-hetero) is 1. The van der Waals surface area contributed by atoms with Gasteiger partial charge in [0.1, 0.15) is 0 Å². The van der Waals surface area contributed by atoms with Gasteiger partial charge >= 0.3 is 5.69 Å². The van der Waals surface area contributed by atoms with Crippen molar-refractivity contribution in [1.29, 1.82) is 0 Å². The fourth-order valence-corrected chi connectivity index (χ4v) is 2.19. The molecule has 0 bridgehead atoms. The van der Waals surface area contributed by atoms with Gasteiger partial charge in [0.25, 0.3) is 5.06 Å². The summed E-state index contributed by atoms with van der Waals surface area (Å²) in [6.07, 6.45) is 3.02. The number of carbonyl (C=O) groups excluding carboxylic acids is 1. The zero-order chi connectivity index (χ0) is 13.3. The maximum Gasteiger partial charge on any atom is 0.323 e. The smallest absolute Gasteiger partial charge is 0.323 e. The predicted octanol–water partition coefficient (Wildman–Crippen LogP) is 2.38. The molecule has 0 saturated carbocycles. The van der Waals surface area contributed by atoms with Gasteiger partial charge in [-0.25, -0.2) is 0 Å². The fourth-order valence-electron chi connectivity index (χ4n) is 1.30. The number of nitro groups is 1. The van der Waals surface area contributed by atoms with Crippen LogP contribution in [0.15, 0.2) is 18.5 Å². The summed E-state index contributed by atoms with van der Waals surface area (Å²) in [6.45, 7) is 1.35. The summed E-state index contributed by atoms with van der Waals surface area (Å²) < 4.78 is 6.88. The van der Waals surface area contributed by atoms with E-state index in [1.54, 1.807) is 13.2 Å². The number of thiophene rings is 1. The summed E-state index contributed by atoms with van der Waals surface area (Å²) in [5, 5.41) is 14.8. The highest BCUT2D eigenvalue weighted by Gasteiger charge is 2.23. The molecule has 0 fully saturated rings. The first-order valence-electron chi connectivity index (χ1n) is 4.93. The highest BCUT2D eigenvalue weighted by molar-refractivity contribution is 7.16. The number of ether oxygens (including phenoxy) is 1. The van der Waals surface area contributed by atoms with Crippen molar-refractivity contribution in [2.45, 2.75) is 6.92 Å². The van der Waals surface area contributed by atoms with Gasteiger partial charge in [-0.3, -0.25) is 19.6 Å². The molecule has 2 aromatic rings. The Morgan fingerprint density at radius 3 is 2.83 bits per heavy atom. The number of hydrogen-bond donors (Lipinski definition) is 0. The van der Waals surface area contributed by atoms with Crippen molar-refractivity contribution in [1.82, 2.24) is 9.78 Å². The fraction of sp³-hybridized carbons (Fsp3) is 0.200. The topological polar surface area (TPSA) is 87.3 Å². The molecule has 18 heavy (non-hydrogen) atoms. The van der Waals surface area contributed by atoms with Crippen LogP contribution >= 0.6 is 11.3 Å². The van der Waals surface area contributed by atoms with Crippen LogP contribution in [0.4, 0.5) is 5.69 Å². The van der Waals surface area contributed by atoms with Crippen molar-refractivity contribution >= 4 is 22.8 Å². The van der Waals surface area contributed by atoms with Crippen molar-refractivity contribution < 1.29 is 14.5 Å². The molecule has 0 radical (unpaired) electrons. The van der Waals surface area contributed by atoms with Crippen LogP contribution < -0.4 is 4.74 Å². The van der Waals surface area contributed by atoms with Crippen molar-refractivity contribution in [2.75, 3.05) is 0 Å². The third kappa shape index (κ3) is 2.38. The number of aromatic nitrogens is 2. The van der Waals surface area contributed by atoms with E-state index in [1.165, 1.54) is 23.9 Å². The maximum absolute atomic E-state index is 11.2. The normalized spacial score (nSPS) is 10.3. The van der Waals surface area contributed by atoms with E-state index in [-0.39, 0.29) is 16.5 Å². The van der Waals surface area contributed by atoms with Crippen LogP contribution in [0.2, 0.25) is 0 Å². The molecule has 0 amide bonds. The van der Waals surface area contributed by atoms with E-state index in [0.29, 0.717) is 10.6 Å². The Bertz CT molecular complexity index is 616. The molecule has 0 spiro atoms. The average Bonchev–Trinajstić information content (AvgIpc) is 2.85. The summed E-state index contributed by atoms with van der Waals surface area (Å²) in [7, 11) is 1.71. The molecular weight excluding hydrogens is 258 g/mol. The molecule has 0 N–H and O–H groups in total. The van der Waals surface area contributed by atoms with E-state index in [0.717, 1.165) is 11.3 Å². The summed E-state index contributed by atoms with van der Waals surface area (Å²) in [5.74, 6) is 0.154. The van der Waals surface area contributed by atoms with Gasteiger partial charge in [0.05, 0.1) is 22.2 Å². The molecule has 2 aromatic heterocycles. The van der Waals surface area contributed by atoms with Crippen LogP contribution in [-0.4, -0.2) is 20.5 Å². The second-order valence-electron chi connectivity index (χ2n) is 3.55. The molecule has 0 saturated heterocycles. The Kier molecular flexibility index (Phi) is 3.11. The molecule has 2 heterocycles. The Morgan fingerprint density at radius 2 is 2.33 bits per heavy atom. The zero-order valence-corrected chi connectivity index (χ0v) is 10.4. The minimum absolute atomic E-state index is 0.0817. The van der Waals surface area contributed by atoms with Crippen LogP contribution in [0.3, 0.4) is 0 Å². The first-order chi connectivity index (χ1) is 8.47. The number of rotatable bonds is 4. The lowest BCUT2D eigenvalue weighted by Gasteiger charge is -1.97. The summed E-state index contributed by atoms with van der Waals surface area (Å²) in [6, 6.07) is 1.22. The zero-order valence-electron chi connectivity index (χ0n) is 9.61. The third-order valence-electron chi connectivity index (χ3n) is 2.12. The summed E-state index contributed by atoms with van der Waals surface area (Å²) >= 11 is 0.950. The van der Waals surface area contributed by atoms with Gasteiger partial charge in [-0.05, 0) is 6.92 Å². The van der Waals surface area contributed by atoms with Crippen LogP contribution in [0.25, 0.3) is 0 Å². The second-order valence-corrected chi connectivity index (χ2v) is 4.56. The maximum atomic E-state index is 11.2. The van der Waals surface area contributed by atoms with E-state index in [2.05, 4.69) is 5.10 Å². The van der Waals surface area contributed by atoms with E-state index in [9.17, 15) is 14.9 Å². The number of carbonyl (C=O) groups is 1. The molecular formula is C10H9N3O4S. The molecule has 0 atom stereocenters. The number of hydrogen-bond acceptors (Lipinski definition) is 6. The van der Waals surface area contributed by atoms with E-state index in [1.807, 2.05) is 0 Å². The highest BCUT2D eigenvalue weighted by Crippen LogP contribution is 2.39. The standard InChI is InChI=1S/C10H9N3O4S/c1-6(14)9-3-8(13(15)16)10(18-9)17-7-4-11-12(2)5-7/h3-5H,1-2H3. The Labute approximate surface area is 106 Å². The van der Waals surface area contributed by atoms with Crippen LogP contribution in [0, 0.1) is 10.1 Å². The number of nitrogens with zero attached hydrogens (tertiary/aromatic N) is 3. The quantitative estimate of drug-likeness (QED) is 0.482. The SMILES string of the molecule is CC(=O)c1cc([N+](=O)[O-])c(Oc2cnn(C)c2)s1. The van der Waals surface area contributed by atoms with Gasteiger partial charge in [0.15, 0.2) is 11.5 Å². The monoisotopic (exact) mass is 267 g/mol. The molecule has 0 aliphatic rings. The third-order valence-corrected chi connectivity index (χ3v) is 3.22. The molecule has 7 nitrogen and oxygen atoms in total. The average molecular weight is 267 g/mol. The molecule has 0 aliphatic heterocycles. The molecule has 94 valence electrons. The van der Waals surface area contributed by atoms with Gasteiger partial charge < -0.3 is 4.74 Å². The van der Waals surface area contributed by atoms with E-state index < -0.39 is 4.92 Å². The van der Waals surface area contributed by atoms with E-state index in [4.69, 9.17) is 4.74 Å². The van der Waals surface area contributed by atoms with Crippen molar-refractivity contribution in [3.8, 4) is 10.8 Å². The van der Waals surface area contributed by atoms with Gasteiger partial charge in [0.2, 0.25) is 0 Å². The molecule has 2 rings (SSSR count). The van der Waals surface area contributed by atoms with Gasteiger partial charge in [-0.1, -0.05) is 11.3 Å². The minimum atomic E-state index is -0.575. The molecule has 0 aromatic carbocycles. The highest BCUT2D eigenvalue weighted by atomic mass is 32.1. The Balaban J connectivity index is 2.36. The number of ketones is 1. The van der Waals surface area contributed by atoms with Crippen molar-refractivity contribution in [2.24, 2.45) is 7.05 Å². The van der Waals surface area contributed by atoms with Crippen LogP contribution in [-0.2, 0) is 7.05 Å². The summed E-state index contributed by atoms with van der Waals surface area (Å²) in [4.78, 5) is 21.8. The van der Waals surface area contributed by atoms with Gasteiger partial charge in [0, 0.05) is 13.1 Å². The minimum Gasteiger partial charge on any atom is -0.437 e. The van der Waals surface area contributed by atoms with Crippen LogP contribution in [0.5, 0.6) is 10.8 Å². The number of aryl methyl sites for hydroxylation is 1. The lowest BCUT2D eigenvalue weighted by Crippen LogP contribution is -1.89. The lowest BCUT2D eigenvalue weighted by molar-refractivity contribution is -0.385. The van der Waals surface area contributed by atoms with Gasteiger partial charge in [-0.2, -0.15) is 5.10 Å². The van der Waals surface area contributed by atoms with Crippen molar-refractivity contribution in [3.63, 3.8) is 0 Å².